The van der Waals surface area contributed by atoms with Crippen molar-refractivity contribution in [3.8, 4) is 11.3 Å². The Balaban J connectivity index is 1.37. The third kappa shape index (κ3) is 4.89. The summed E-state index contributed by atoms with van der Waals surface area (Å²) >= 11 is 12.3. The highest BCUT2D eigenvalue weighted by Crippen LogP contribution is 2.34. The van der Waals surface area contributed by atoms with Gasteiger partial charge in [-0.15, -0.1) is 0 Å². The number of amides is 1. The SMILES string of the molecule is O=C(C=Cc1ccc(-c2cccc(Cl)c2Cl)o1)Nc1ccc(N2CCCCC2)cc1. The van der Waals surface area contributed by atoms with E-state index in [1.807, 2.05) is 24.3 Å². The summed E-state index contributed by atoms with van der Waals surface area (Å²) in [4.78, 5) is 14.6. The van der Waals surface area contributed by atoms with E-state index in [9.17, 15) is 4.79 Å². The largest absolute Gasteiger partial charge is 0.457 e. The standard InChI is InChI=1S/C24H22Cl2N2O2/c25-21-6-4-5-20(24(21)26)22-13-11-19(30-22)12-14-23(29)27-17-7-9-18(10-8-17)28-15-2-1-3-16-28/h4-14H,1-3,15-16H2,(H,27,29). The topological polar surface area (TPSA) is 45.5 Å². The van der Waals surface area contributed by atoms with Crippen molar-refractivity contribution in [3.63, 3.8) is 0 Å². The monoisotopic (exact) mass is 440 g/mol. The number of nitrogens with zero attached hydrogens (tertiary/aromatic N) is 1. The van der Waals surface area contributed by atoms with Crippen LogP contribution in [0.3, 0.4) is 0 Å². The molecule has 4 rings (SSSR count). The lowest BCUT2D eigenvalue weighted by atomic mass is 10.1. The zero-order valence-electron chi connectivity index (χ0n) is 16.4. The molecule has 2 aromatic carbocycles. The van der Waals surface area contributed by atoms with E-state index in [1.54, 1.807) is 24.3 Å². The van der Waals surface area contributed by atoms with Crippen LogP contribution in [-0.4, -0.2) is 19.0 Å². The molecule has 0 saturated carbocycles. The Kier molecular flexibility index (Phi) is 6.46. The van der Waals surface area contributed by atoms with Crippen LogP contribution in [0.25, 0.3) is 17.4 Å². The lowest BCUT2D eigenvalue weighted by Gasteiger charge is -2.28. The van der Waals surface area contributed by atoms with Gasteiger partial charge in [0.25, 0.3) is 0 Å². The van der Waals surface area contributed by atoms with E-state index in [2.05, 4.69) is 22.3 Å². The molecular weight excluding hydrogens is 419 g/mol. The molecular formula is C24H22Cl2N2O2. The Morgan fingerprint density at radius 2 is 1.73 bits per heavy atom. The number of piperidine rings is 1. The second kappa shape index (κ2) is 9.41. The van der Waals surface area contributed by atoms with Crippen LogP contribution < -0.4 is 10.2 Å². The molecule has 1 saturated heterocycles. The number of anilines is 2. The average molecular weight is 441 g/mol. The molecule has 0 bridgehead atoms. The Labute approximate surface area is 186 Å². The molecule has 0 atom stereocenters. The second-order valence-corrected chi connectivity index (χ2v) is 8.01. The number of halogens is 2. The van der Waals surface area contributed by atoms with Crippen molar-refractivity contribution >= 4 is 46.6 Å². The molecule has 0 spiro atoms. The maximum absolute atomic E-state index is 12.3. The molecule has 2 heterocycles. The van der Waals surface area contributed by atoms with Crippen LogP contribution in [0.2, 0.25) is 10.0 Å². The van der Waals surface area contributed by atoms with Crippen molar-refractivity contribution in [1.82, 2.24) is 0 Å². The summed E-state index contributed by atoms with van der Waals surface area (Å²) in [7, 11) is 0. The number of furan rings is 1. The van der Waals surface area contributed by atoms with E-state index in [4.69, 9.17) is 27.6 Å². The van der Waals surface area contributed by atoms with Gasteiger partial charge in [0.1, 0.15) is 11.5 Å². The van der Waals surface area contributed by atoms with Gasteiger partial charge in [0.15, 0.2) is 0 Å². The summed E-state index contributed by atoms with van der Waals surface area (Å²) in [6.07, 6.45) is 6.85. The van der Waals surface area contributed by atoms with Gasteiger partial charge in [0.05, 0.1) is 10.0 Å². The molecule has 0 radical (unpaired) electrons. The number of hydrogen-bond donors (Lipinski definition) is 1. The first-order valence-electron chi connectivity index (χ1n) is 9.98. The molecule has 1 amide bonds. The molecule has 1 aliphatic heterocycles. The molecule has 4 nitrogen and oxygen atoms in total. The molecule has 0 unspecified atom stereocenters. The highest BCUT2D eigenvalue weighted by Gasteiger charge is 2.12. The van der Waals surface area contributed by atoms with Gasteiger partial charge < -0.3 is 14.6 Å². The predicted molar refractivity (Wildman–Crippen MR) is 124 cm³/mol. The maximum Gasteiger partial charge on any atom is 0.248 e. The minimum atomic E-state index is -0.223. The number of carbonyl (C=O) groups is 1. The first-order chi connectivity index (χ1) is 14.6. The van der Waals surface area contributed by atoms with Crippen LogP contribution in [0.5, 0.6) is 0 Å². The highest BCUT2D eigenvalue weighted by molar-refractivity contribution is 6.43. The molecule has 154 valence electrons. The Morgan fingerprint density at radius 3 is 2.50 bits per heavy atom. The third-order valence-electron chi connectivity index (χ3n) is 5.10. The van der Waals surface area contributed by atoms with Gasteiger partial charge in [-0.1, -0.05) is 29.3 Å². The van der Waals surface area contributed by atoms with Gasteiger partial charge >= 0.3 is 0 Å². The van der Waals surface area contributed by atoms with Crippen LogP contribution in [0, 0.1) is 0 Å². The molecule has 1 aliphatic rings. The lowest BCUT2D eigenvalue weighted by Crippen LogP contribution is -2.29. The summed E-state index contributed by atoms with van der Waals surface area (Å²) in [5.41, 5.74) is 2.67. The number of benzene rings is 2. The number of hydrogen-bond acceptors (Lipinski definition) is 3. The molecule has 3 aromatic rings. The molecule has 6 heteroatoms. The first kappa shape index (κ1) is 20.6. The Bertz CT molecular complexity index is 1050. The van der Waals surface area contributed by atoms with E-state index < -0.39 is 0 Å². The third-order valence-corrected chi connectivity index (χ3v) is 5.92. The van der Waals surface area contributed by atoms with Crippen LogP contribution in [-0.2, 0) is 4.79 Å². The fraction of sp³-hybridized carbons (Fsp3) is 0.208. The van der Waals surface area contributed by atoms with E-state index in [-0.39, 0.29) is 5.91 Å². The maximum atomic E-state index is 12.3. The average Bonchev–Trinajstić information content (AvgIpc) is 3.24. The van der Waals surface area contributed by atoms with Crippen LogP contribution in [0.1, 0.15) is 25.0 Å². The van der Waals surface area contributed by atoms with Crippen molar-refractivity contribution in [3.05, 3.63) is 76.5 Å². The van der Waals surface area contributed by atoms with Crippen LogP contribution in [0.15, 0.2) is 65.1 Å². The van der Waals surface area contributed by atoms with Crippen molar-refractivity contribution in [1.29, 1.82) is 0 Å². The highest BCUT2D eigenvalue weighted by atomic mass is 35.5. The van der Waals surface area contributed by atoms with Gasteiger partial charge in [-0.3, -0.25) is 4.79 Å². The van der Waals surface area contributed by atoms with Gasteiger partial charge in [-0.25, -0.2) is 0 Å². The van der Waals surface area contributed by atoms with Gasteiger partial charge in [-0.05, 0) is 73.9 Å². The van der Waals surface area contributed by atoms with Gasteiger partial charge in [-0.2, -0.15) is 0 Å². The number of rotatable bonds is 5. The summed E-state index contributed by atoms with van der Waals surface area (Å²) in [6, 6.07) is 16.9. The molecule has 1 N–H and O–H groups in total. The number of nitrogens with one attached hydrogen (secondary N) is 1. The van der Waals surface area contributed by atoms with E-state index >= 15 is 0 Å². The minimum Gasteiger partial charge on any atom is -0.457 e. The first-order valence-corrected chi connectivity index (χ1v) is 10.7. The zero-order chi connectivity index (χ0) is 20.9. The predicted octanol–water partition coefficient (Wildman–Crippen LogP) is 6.90. The van der Waals surface area contributed by atoms with E-state index in [1.165, 1.54) is 31.0 Å². The van der Waals surface area contributed by atoms with Crippen molar-refractivity contribution in [2.45, 2.75) is 19.3 Å². The minimum absolute atomic E-state index is 0.223. The van der Waals surface area contributed by atoms with Gasteiger partial charge in [0, 0.05) is 36.1 Å². The molecule has 1 fully saturated rings. The second-order valence-electron chi connectivity index (χ2n) is 7.22. The summed E-state index contributed by atoms with van der Waals surface area (Å²) in [5, 5.41) is 3.78. The van der Waals surface area contributed by atoms with E-state index in [0.29, 0.717) is 27.1 Å². The fourth-order valence-corrected chi connectivity index (χ4v) is 3.92. The summed E-state index contributed by atoms with van der Waals surface area (Å²) in [6.45, 7) is 2.19. The summed E-state index contributed by atoms with van der Waals surface area (Å²) in [5.74, 6) is 0.923. The van der Waals surface area contributed by atoms with Gasteiger partial charge in [0.2, 0.25) is 5.91 Å². The van der Waals surface area contributed by atoms with Crippen molar-refractivity contribution in [2.75, 3.05) is 23.3 Å². The number of carbonyl (C=O) groups excluding carboxylic acids is 1. The van der Waals surface area contributed by atoms with E-state index in [0.717, 1.165) is 18.8 Å². The Hall–Kier alpha value is -2.69. The normalized spacial score (nSPS) is 14.3. The van der Waals surface area contributed by atoms with Crippen molar-refractivity contribution in [2.24, 2.45) is 0 Å². The lowest BCUT2D eigenvalue weighted by molar-refractivity contribution is -0.111. The van der Waals surface area contributed by atoms with Crippen LogP contribution >= 0.6 is 23.2 Å². The van der Waals surface area contributed by atoms with Crippen LogP contribution in [0.4, 0.5) is 11.4 Å². The molecule has 1 aromatic heterocycles. The fourth-order valence-electron chi connectivity index (χ4n) is 3.53. The smallest absolute Gasteiger partial charge is 0.248 e. The Morgan fingerprint density at radius 1 is 0.967 bits per heavy atom. The molecule has 0 aliphatic carbocycles. The zero-order valence-corrected chi connectivity index (χ0v) is 17.9. The van der Waals surface area contributed by atoms with Crippen molar-refractivity contribution < 1.29 is 9.21 Å². The summed E-state index contributed by atoms with van der Waals surface area (Å²) < 4.78 is 5.77. The quantitative estimate of drug-likeness (QED) is 0.438. The molecule has 30 heavy (non-hydrogen) atoms.